The number of fused-ring (bicyclic) bond motifs is 9. The fourth-order valence-corrected chi connectivity index (χ4v) is 9.72. The zero-order chi connectivity index (χ0) is 39.3. The van der Waals surface area contributed by atoms with Crippen molar-refractivity contribution in [2.75, 3.05) is 0 Å². The molecular weight excluding hydrogens is 716 g/mol. The minimum Gasteiger partial charge on any atom is -0.508 e. The Morgan fingerprint density at radius 3 is 2.32 bits per heavy atom. The lowest BCUT2D eigenvalue weighted by Gasteiger charge is -2.55. The van der Waals surface area contributed by atoms with E-state index in [1.54, 1.807) is 36.4 Å². The summed E-state index contributed by atoms with van der Waals surface area (Å²) in [5.41, 5.74) is 1.48. The standard InChI is InChI=1S/C45H40O11/c1-21(2)12-15-43-29-9-7-24(47)19-33(29)55-45(43,51)41(50)37-35(52-43)20-34-36(39(37)49)28-17-22(3)16-27-25-8-6-23(46)18-32(25)53-44(54-34,38(27)28)30-10-11-31(48)26-13-14-42(4,5)56-40(26)30/h6-14,17-20,27-28,38,46-49,51H,15-16H2,1-5H3/t27-,28-,38-,43+,44-,45+/m1/s1. The Morgan fingerprint density at radius 1 is 0.839 bits per heavy atom. The van der Waals surface area contributed by atoms with E-state index in [-0.39, 0.29) is 52.4 Å². The highest BCUT2D eigenvalue weighted by Gasteiger charge is 2.70. The Hall–Kier alpha value is -6.07. The van der Waals surface area contributed by atoms with Gasteiger partial charge in [-0.15, -0.1) is 0 Å². The van der Waals surface area contributed by atoms with Crippen LogP contribution in [-0.2, 0) is 11.4 Å². The average molecular weight is 757 g/mol. The van der Waals surface area contributed by atoms with Crippen LogP contribution in [0.2, 0.25) is 0 Å². The number of rotatable bonds is 3. The van der Waals surface area contributed by atoms with Crippen molar-refractivity contribution in [3.05, 3.63) is 117 Å². The average Bonchev–Trinajstić information content (AvgIpc) is 3.37. The van der Waals surface area contributed by atoms with Gasteiger partial charge in [0.25, 0.3) is 5.79 Å². The van der Waals surface area contributed by atoms with Gasteiger partial charge in [-0.25, -0.2) is 0 Å². The summed E-state index contributed by atoms with van der Waals surface area (Å²) >= 11 is 0. The van der Waals surface area contributed by atoms with Gasteiger partial charge in [0.2, 0.25) is 11.4 Å². The van der Waals surface area contributed by atoms with Crippen LogP contribution in [0.4, 0.5) is 0 Å². The van der Waals surface area contributed by atoms with Crippen molar-refractivity contribution in [3.8, 4) is 51.7 Å². The highest BCUT2D eigenvalue weighted by molar-refractivity contribution is 6.09. The lowest BCUT2D eigenvalue weighted by atomic mass is 9.60. The number of benzene rings is 4. The maximum absolute atomic E-state index is 14.8. The van der Waals surface area contributed by atoms with Gasteiger partial charge < -0.3 is 49.2 Å². The van der Waals surface area contributed by atoms with Crippen molar-refractivity contribution < 1.29 is 54.0 Å². The van der Waals surface area contributed by atoms with Crippen LogP contribution in [0, 0.1) is 5.92 Å². The molecule has 10 rings (SSSR count). The molecular formula is C45H40O11. The van der Waals surface area contributed by atoms with Gasteiger partial charge in [0.05, 0.1) is 17.0 Å². The van der Waals surface area contributed by atoms with E-state index in [0.29, 0.717) is 40.2 Å². The van der Waals surface area contributed by atoms with Crippen molar-refractivity contribution in [2.24, 2.45) is 5.92 Å². The molecule has 0 saturated heterocycles. The molecule has 0 saturated carbocycles. The zero-order valence-electron chi connectivity index (χ0n) is 31.3. The molecule has 5 heterocycles. The first-order valence-corrected chi connectivity index (χ1v) is 18.7. The normalized spacial score (nSPS) is 29.1. The lowest BCUT2D eigenvalue weighted by Crippen LogP contribution is -2.62. The number of carbonyl (C=O) groups is 1. The molecule has 1 aliphatic carbocycles. The molecule has 11 nitrogen and oxygen atoms in total. The van der Waals surface area contributed by atoms with Crippen molar-refractivity contribution in [1.82, 2.24) is 0 Å². The van der Waals surface area contributed by atoms with E-state index in [2.05, 4.69) is 0 Å². The van der Waals surface area contributed by atoms with Crippen LogP contribution in [0.15, 0.2) is 84.0 Å². The van der Waals surface area contributed by atoms with Crippen molar-refractivity contribution in [1.29, 1.82) is 0 Å². The summed E-state index contributed by atoms with van der Waals surface area (Å²) in [5.74, 6) is -6.28. The van der Waals surface area contributed by atoms with Crippen LogP contribution in [0.25, 0.3) is 6.08 Å². The predicted molar refractivity (Wildman–Crippen MR) is 203 cm³/mol. The first-order chi connectivity index (χ1) is 26.6. The Labute approximate surface area is 322 Å². The Morgan fingerprint density at radius 2 is 1.55 bits per heavy atom. The van der Waals surface area contributed by atoms with Crippen LogP contribution >= 0.6 is 0 Å². The summed E-state index contributed by atoms with van der Waals surface area (Å²) in [6.07, 6.45) is 8.14. The molecule has 56 heavy (non-hydrogen) atoms. The number of phenolic OH excluding ortho intramolecular Hbond substituents is 4. The number of hydrogen-bond acceptors (Lipinski definition) is 11. The second kappa shape index (κ2) is 11.0. The summed E-state index contributed by atoms with van der Waals surface area (Å²) in [6, 6.07) is 14.1. The number of allylic oxidation sites excluding steroid dienone is 3. The molecule has 0 unspecified atom stereocenters. The van der Waals surface area contributed by atoms with Gasteiger partial charge in [0.1, 0.15) is 62.9 Å². The predicted octanol–water partition coefficient (Wildman–Crippen LogP) is 8.07. The highest BCUT2D eigenvalue weighted by Crippen LogP contribution is 2.68. The summed E-state index contributed by atoms with van der Waals surface area (Å²) in [4.78, 5) is 14.8. The summed E-state index contributed by atoms with van der Waals surface area (Å²) in [7, 11) is 0. The van der Waals surface area contributed by atoms with Crippen LogP contribution in [0.5, 0.6) is 51.7 Å². The van der Waals surface area contributed by atoms with Crippen LogP contribution < -0.4 is 23.7 Å². The molecule has 0 fully saturated rings. The number of aliphatic hydroxyl groups is 1. The number of Topliss-reactive ketones (excluding diaryl/α,β-unsaturated/α-hetero) is 1. The SMILES string of the molecule is CC(C)=CC[C@@]12Oc3cc4c(c(O)c3C(=O)[C@]1(O)Oc1cc(O)ccc12)[C@H]1C=C(C)C[C@@H]2c3ccc(O)cc3O[C@](c3ccc(O)c5c3OC(C)(C)C=C5)(O4)[C@@H]12. The van der Waals surface area contributed by atoms with E-state index in [0.717, 1.165) is 16.7 Å². The van der Waals surface area contributed by atoms with Crippen molar-refractivity contribution in [2.45, 2.75) is 82.1 Å². The third-order valence-corrected chi connectivity index (χ3v) is 12.2. The molecule has 6 aliphatic rings. The molecule has 4 aromatic carbocycles. The smallest absolute Gasteiger partial charge is 0.318 e. The third-order valence-electron chi connectivity index (χ3n) is 12.2. The fraction of sp³-hybridized carbons (Fsp3) is 0.311. The van der Waals surface area contributed by atoms with Crippen LogP contribution in [0.3, 0.4) is 0 Å². The topological polar surface area (TPSA) is 164 Å². The first kappa shape index (κ1) is 34.4. The van der Waals surface area contributed by atoms with E-state index in [4.69, 9.17) is 23.7 Å². The molecule has 5 N–H and O–H groups in total. The van der Waals surface area contributed by atoms with E-state index in [9.17, 15) is 30.3 Å². The lowest BCUT2D eigenvalue weighted by molar-refractivity contribution is -0.204. The molecule has 6 atom stereocenters. The maximum atomic E-state index is 14.8. The minimum absolute atomic E-state index is 0.00129. The van der Waals surface area contributed by atoms with Gasteiger partial charge in [-0.3, -0.25) is 4.79 Å². The van der Waals surface area contributed by atoms with E-state index in [1.807, 2.05) is 65.0 Å². The Kier molecular flexibility index (Phi) is 6.78. The van der Waals surface area contributed by atoms with Gasteiger partial charge >= 0.3 is 5.79 Å². The van der Waals surface area contributed by atoms with Crippen molar-refractivity contribution in [3.63, 3.8) is 0 Å². The van der Waals surface area contributed by atoms with Gasteiger partial charge in [0.15, 0.2) is 0 Å². The van der Waals surface area contributed by atoms with Gasteiger partial charge in [0, 0.05) is 47.6 Å². The maximum Gasteiger partial charge on any atom is 0.318 e. The molecule has 0 aromatic heterocycles. The number of hydrogen-bond donors (Lipinski definition) is 5. The number of carbonyl (C=O) groups excluding carboxylic acids is 1. The molecule has 11 heteroatoms. The number of ether oxygens (including phenoxy) is 5. The zero-order valence-corrected chi connectivity index (χ0v) is 31.3. The summed E-state index contributed by atoms with van der Waals surface area (Å²) in [6.45, 7) is 9.57. The molecule has 0 radical (unpaired) electrons. The monoisotopic (exact) mass is 756 g/mol. The molecule has 286 valence electrons. The largest absolute Gasteiger partial charge is 0.508 e. The van der Waals surface area contributed by atoms with Gasteiger partial charge in [-0.05, 0) is 89.1 Å². The number of ketones is 1. The summed E-state index contributed by atoms with van der Waals surface area (Å²) in [5, 5.41) is 57.0. The van der Waals surface area contributed by atoms with Crippen molar-refractivity contribution >= 4 is 11.9 Å². The first-order valence-electron chi connectivity index (χ1n) is 18.7. The summed E-state index contributed by atoms with van der Waals surface area (Å²) < 4.78 is 33.6. The second-order valence-corrected chi connectivity index (χ2v) is 16.6. The Bertz CT molecular complexity index is 2540. The minimum atomic E-state index is -2.61. The van der Waals surface area contributed by atoms with E-state index < -0.39 is 46.1 Å². The molecule has 0 amide bonds. The number of aromatic hydroxyl groups is 4. The molecule has 0 spiro atoms. The van der Waals surface area contributed by atoms with Gasteiger partial charge in [-0.1, -0.05) is 29.4 Å². The quantitative estimate of drug-likeness (QED) is 0.128. The third kappa shape index (κ3) is 4.40. The van der Waals surface area contributed by atoms with E-state index in [1.165, 1.54) is 12.1 Å². The van der Waals surface area contributed by atoms with Crippen LogP contribution in [-0.4, -0.2) is 42.7 Å². The Balaban J connectivity index is 1.24. The van der Waals surface area contributed by atoms with Crippen LogP contribution in [0.1, 0.15) is 97.5 Å². The molecule has 0 bridgehead atoms. The highest BCUT2D eigenvalue weighted by atomic mass is 16.7. The molecule has 4 aromatic rings. The van der Waals surface area contributed by atoms with E-state index >= 15 is 0 Å². The number of phenols is 4. The van der Waals surface area contributed by atoms with Gasteiger partial charge in [-0.2, -0.15) is 0 Å². The second-order valence-electron chi connectivity index (χ2n) is 16.6. The molecule has 5 aliphatic heterocycles. The fourth-order valence-electron chi connectivity index (χ4n) is 9.72.